The van der Waals surface area contributed by atoms with Crippen LogP contribution in [-0.4, -0.2) is 29.6 Å². The fourth-order valence-corrected chi connectivity index (χ4v) is 0.500. The number of carboxylic acids is 1. The van der Waals surface area contributed by atoms with Gasteiger partial charge in [-0.05, 0) is 0 Å². The molecule has 0 aromatic heterocycles. The lowest BCUT2D eigenvalue weighted by molar-refractivity contribution is -0.146. The Labute approximate surface area is 92.1 Å². The molecule has 1 unspecified atom stereocenters. The maximum atomic E-state index is 12.1. The zero-order valence-corrected chi connectivity index (χ0v) is 8.65. The van der Waals surface area contributed by atoms with Gasteiger partial charge in [-0.2, -0.15) is 0 Å². The van der Waals surface area contributed by atoms with Gasteiger partial charge in [0.2, 0.25) is 0 Å². The van der Waals surface area contributed by atoms with Gasteiger partial charge in [0.25, 0.3) is 6.43 Å². The minimum absolute atomic E-state index is 0. The largest absolute Gasteiger partial charge is 0.479 e. The molecule has 86 valence electrons. The Balaban J connectivity index is -0.000000605. The fraction of sp³-hybridized carbons (Fsp3) is 0.500. The molecule has 14 heavy (non-hydrogen) atoms. The Bertz CT molecular complexity index is 204. The van der Waals surface area contributed by atoms with Gasteiger partial charge in [0.1, 0.15) is 0 Å². The highest BCUT2D eigenvalue weighted by molar-refractivity contribution is 5.85. The van der Waals surface area contributed by atoms with E-state index in [-0.39, 0.29) is 31.4 Å². The molecule has 5 N–H and O–H groups in total. The van der Waals surface area contributed by atoms with E-state index in [9.17, 15) is 13.6 Å². The standard InChI is InChI=1S/C6H10F2N2O2.2ClH/c7-4(8)6(10,5(11)12)2-1-3-9;;/h1-2,4H,3,9-10H2,(H,11,12);2*1H/b2-1+;;. The zero-order chi connectivity index (χ0) is 9.78. The molecule has 0 spiro atoms. The zero-order valence-electron chi connectivity index (χ0n) is 7.02. The van der Waals surface area contributed by atoms with Crippen molar-refractivity contribution in [2.24, 2.45) is 11.5 Å². The van der Waals surface area contributed by atoms with Crippen LogP contribution in [0.4, 0.5) is 8.78 Å². The molecule has 0 amide bonds. The number of carbonyl (C=O) groups is 1. The summed E-state index contributed by atoms with van der Waals surface area (Å²) in [7, 11) is 0. The number of hydrogen-bond donors (Lipinski definition) is 3. The van der Waals surface area contributed by atoms with Gasteiger partial charge < -0.3 is 16.6 Å². The average molecular weight is 253 g/mol. The fourth-order valence-electron chi connectivity index (χ4n) is 0.500. The van der Waals surface area contributed by atoms with Crippen molar-refractivity contribution in [1.29, 1.82) is 0 Å². The van der Waals surface area contributed by atoms with Crippen LogP contribution in [-0.2, 0) is 4.79 Å². The molecule has 0 aliphatic rings. The Morgan fingerprint density at radius 3 is 2.14 bits per heavy atom. The summed E-state index contributed by atoms with van der Waals surface area (Å²) in [6.07, 6.45) is -1.38. The van der Waals surface area contributed by atoms with E-state index in [1.807, 2.05) is 0 Å². The Morgan fingerprint density at radius 2 is 1.93 bits per heavy atom. The van der Waals surface area contributed by atoms with E-state index >= 15 is 0 Å². The van der Waals surface area contributed by atoms with Crippen molar-refractivity contribution in [2.75, 3.05) is 6.54 Å². The minimum Gasteiger partial charge on any atom is -0.479 e. The number of carboxylic acid groups (broad SMARTS) is 1. The van der Waals surface area contributed by atoms with Crippen LogP contribution in [0.2, 0.25) is 0 Å². The summed E-state index contributed by atoms with van der Waals surface area (Å²) in [6, 6.07) is 0. The molecule has 8 heteroatoms. The third-order valence-electron chi connectivity index (χ3n) is 1.26. The van der Waals surface area contributed by atoms with Crippen LogP contribution in [0.1, 0.15) is 0 Å². The predicted molar refractivity (Wildman–Crippen MR) is 53.2 cm³/mol. The molecule has 0 radical (unpaired) electrons. The lowest BCUT2D eigenvalue weighted by Crippen LogP contribution is -2.52. The topological polar surface area (TPSA) is 89.3 Å². The molecular formula is C6H12Cl2F2N2O2. The van der Waals surface area contributed by atoms with Gasteiger partial charge in [0.15, 0.2) is 5.54 Å². The molecule has 0 saturated heterocycles. The summed E-state index contributed by atoms with van der Waals surface area (Å²) in [4.78, 5) is 10.3. The van der Waals surface area contributed by atoms with Crippen molar-refractivity contribution in [3.8, 4) is 0 Å². The molecule has 1 atom stereocenters. The van der Waals surface area contributed by atoms with Gasteiger partial charge in [0.05, 0.1) is 0 Å². The number of aliphatic carboxylic acids is 1. The number of nitrogens with two attached hydrogens (primary N) is 2. The molecule has 0 fully saturated rings. The first-order chi connectivity index (χ1) is 5.45. The van der Waals surface area contributed by atoms with Gasteiger partial charge in [-0.25, -0.2) is 13.6 Å². The second kappa shape index (κ2) is 7.93. The molecule has 0 aromatic rings. The lowest BCUT2D eigenvalue weighted by atomic mass is 10.0. The number of halogens is 4. The molecule has 0 rings (SSSR count). The Hall–Kier alpha value is -0.430. The van der Waals surface area contributed by atoms with Crippen LogP contribution < -0.4 is 11.5 Å². The average Bonchev–Trinajstić information content (AvgIpc) is 1.99. The minimum atomic E-state index is -3.15. The maximum absolute atomic E-state index is 12.1. The monoisotopic (exact) mass is 252 g/mol. The van der Waals surface area contributed by atoms with Crippen molar-refractivity contribution in [3.05, 3.63) is 12.2 Å². The number of hydrogen-bond acceptors (Lipinski definition) is 3. The summed E-state index contributed by atoms with van der Waals surface area (Å²) < 4.78 is 24.1. The van der Waals surface area contributed by atoms with E-state index in [0.29, 0.717) is 6.08 Å². The maximum Gasteiger partial charge on any atom is 0.333 e. The van der Waals surface area contributed by atoms with Gasteiger partial charge >= 0.3 is 5.97 Å². The molecular weight excluding hydrogens is 241 g/mol. The summed E-state index contributed by atoms with van der Waals surface area (Å²) in [5.74, 6) is -1.78. The first kappa shape index (κ1) is 19.2. The SMILES string of the molecule is Cl.Cl.NC/C=C/C(N)(C(=O)O)C(F)F. The lowest BCUT2D eigenvalue weighted by Gasteiger charge is -2.18. The van der Waals surface area contributed by atoms with Crippen molar-refractivity contribution in [1.82, 2.24) is 0 Å². The molecule has 0 heterocycles. The van der Waals surface area contributed by atoms with Crippen LogP contribution in [0.25, 0.3) is 0 Å². The molecule has 0 aliphatic carbocycles. The third kappa shape index (κ3) is 4.71. The second-order valence-electron chi connectivity index (χ2n) is 2.18. The van der Waals surface area contributed by atoms with Crippen molar-refractivity contribution >= 4 is 30.8 Å². The van der Waals surface area contributed by atoms with E-state index < -0.39 is 17.9 Å². The predicted octanol–water partition coefficient (Wildman–Crippen LogP) is 0.392. The highest BCUT2D eigenvalue weighted by Gasteiger charge is 2.41. The number of rotatable bonds is 4. The van der Waals surface area contributed by atoms with Crippen LogP contribution in [0.3, 0.4) is 0 Å². The summed E-state index contributed by atoms with van der Waals surface area (Å²) in [5.41, 5.74) is 7.21. The summed E-state index contributed by atoms with van der Waals surface area (Å²) >= 11 is 0. The van der Waals surface area contributed by atoms with Gasteiger partial charge in [-0.3, -0.25) is 0 Å². The molecule has 0 bridgehead atoms. The summed E-state index contributed by atoms with van der Waals surface area (Å²) in [6.45, 7) is -0.0288. The Kier molecular flexibility index (Phi) is 10.9. The highest BCUT2D eigenvalue weighted by Crippen LogP contribution is 2.14. The van der Waals surface area contributed by atoms with Crippen molar-refractivity contribution in [3.63, 3.8) is 0 Å². The third-order valence-corrected chi connectivity index (χ3v) is 1.26. The van der Waals surface area contributed by atoms with Crippen LogP contribution in [0, 0.1) is 0 Å². The van der Waals surface area contributed by atoms with E-state index in [1.54, 1.807) is 0 Å². The Morgan fingerprint density at radius 1 is 1.50 bits per heavy atom. The van der Waals surface area contributed by atoms with Crippen LogP contribution in [0.5, 0.6) is 0 Å². The molecule has 0 saturated carbocycles. The molecule has 0 aliphatic heterocycles. The highest BCUT2D eigenvalue weighted by atomic mass is 35.5. The summed E-state index contributed by atoms with van der Waals surface area (Å²) in [5, 5.41) is 8.33. The first-order valence-electron chi connectivity index (χ1n) is 3.13. The quantitative estimate of drug-likeness (QED) is 0.632. The van der Waals surface area contributed by atoms with Crippen molar-refractivity contribution in [2.45, 2.75) is 12.0 Å². The van der Waals surface area contributed by atoms with E-state index in [4.69, 9.17) is 16.6 Å². The van der Waals surface area contributed by atoms with E-state index in [1.165, 1.54) is 0 Å². The smallest absolute Gasteiger partial charge is 0.333 e. The van der Waals surface area contributed by atoms with Crippen LogP contribution in [0.15, 0.2) is 12.2 Å². The van der Waals surface area contributed by atoms with E-state index in [2.05, 4.69) is 0 Å². The second-order valence-corrected chi connectivity index (χ2v) is 2.18. The van der Waals surface area contributed by atoms with Gasteiger partial charge in [-0.1, -0.05) is 12.2 Å². The van der Waals surface area contributed by atoms with Crippen LogP contribution >= 0.6 is 24.8 Å². The normalized spacial score (nSPS) is 14.4. The molecule has 4 nitrogen and oxygen atoms in total. The van der Waals surface area contributed by atoms with Gasteiger partial charge in [0, 0.05) is 6.54 Å². The van der Waals surface area contributed by atoms with Crippen molar-refractivity contribution < 1.29 is 18.7 Å². The molecule has 0 aromatic carbocycles. The number of alkyl halides is 2. The first-order valence-corrected chi connectivity index (χ1v) is 3.13. The van der Waals surface area contributed by atoms with E-state index in [0.717, 1.165) is 6.08 Å². The van der Waals surface area contributed by atoms with Gasteiger partial charge in [-0.15, -0.1) is 24.8 Å².